The van der Waals surface area contributed by atoms with Crippen LogP contribution in [0.4, 0.5) is 4.39 Å². The molecule has 6 heteroatoms. The van der Waals surface area contributed by atoms with Gasteiger partial charge in [-0.1, -0.05) is 50.2 Å². The van der Waals surface area contributed by atoms with Crippen molar-refractivity contribution in [1.29, 1.82) is 0 Å². The molecule has 0 spiro atoms. The molecule has 0 aliphatic rings. The van der Waals surface area contributed by atoms with Crippen molar-refractivity contribution < 1.29 is 14.0 Å². The maximum absolute atomic E-state index is 14.4. The number of carbonyl (C=O) groups excluding carboxylic acids is 2. The predicted octanol–water partition coefficient (Wildman–Crippen LogP) is 3.53. The number of nitrogens with zero attached hydrogens (tertiary/aromatic N) is 1. The lowest BCUT2D eigenvalue weighted by Crippen LogP contribution is -2.42. The Balaban J connectivity index is 1.98. The topological polar surface area (TPSA) is 61.4 Å². The first-order chi connectivity index (χ1) is 14.6. The summed E-state index contributed by atoms with van der Waals surface area (Å²) in [5, 5.41) is 5.64. The second-order valence-electron chi connectivity index (χ2n) is 8.73. The molecule has 168 valence electrons. The Labute approximate surface area is 185 Å². The van der Waals surface area contributed by atoms with Gasteiger partial charge in [-0.2, -0.15) is 0 Å². The standard InChI is InChI=1S/C25H34FN3O2/c1-6-27-24(31)21-13-12-18(15-22(21)26)14-20(29(4)5)17-28-23(30)16-25(2,3)19-10-8-7-9-11-19/h7-13,15,20H,6,14,16-17H2,1-5H3,(H,27,31)(H,28,30)/t20-/m0/s1. The Morgan fingerprint density at radius 3 is 2.32 bits per heavy atom. The molecule has 0 saturated carbocycles. The third-order valence-electron chi connectivity index (χ3n) is 5.51. The third kappa shape index (κ3) is 7.17. The highest BCUT2D eigenvalue weighted by molar-refractivity contribution is 5.94. The van der Waals surface area contributed by atoms with E-state index < -0.39 is 11.7 Å². The average molecular weight is 428 g/mol. The smallest absolute Gasteiger partial charge is 0.254 e. The monoisotopic (exact) mass is 427 g/mol. The molecule has 31 heavy (non-hydrogen) atoms. The van der Waals surface area contributed by atoms with Crippen LogP contribution >= 0.6 is 0 Å². The minimum Gasteiger partial charge on any atom is -0.354 e. The molecule has 0 fully saturated rings. The van der Waals surface area contributed by atoms with Gasteiger partial charge < -0.3 is 15.5 Å². The van der Waals surface area contributed by atoms with Crippen LogP contribution in [0, 0.1) is 5.82 Å². The van der Waals surface area contributed by atoms with Crippen LogP contribution in [0.2, 0.25) is 0 Å². The molecule has 0 unspecified atom stereocenters. The number of likely N-dealkylation sites (N-methyl/N-ethyl adjacent to an activating group) is 1. The fourth-order valence-electron chi connectivity index (χ4n) is 3.52. The van der Waals surface area contributed by atoms with Crippen LogP contribution in [0.3, 0.4) is 0 Å². The van der Waals surface area contributed by atoms with E-state index in [2.05, 4.69) is 24.5 Å². The van der Waals surface area contributed by atoms with E-state index in [1.807, 2.05) is 49.3 Å². The summed E-state index contributed by atoms with van der Waals surface area (Å²) in [6.45, 7) is 6.82. The van der Waals surface area contributed by atoms with Crippen molar-refractivity contribution in [3.8, 4) is 0 Å². The second-order valence-corrected chi connectivity index (χ2v) is 8.73. The molecule has 0 heterocycles. The third-order valence-corrected chi connectivity index (χ3v) is 5.51. The zero-order valence-electron chi connectivity index (χ0n) is 19.2. The van der Waals surface area contributed by atoms with Crippen LogP contribution in [0.5, 0.6) is 0 Å². The molecular formula is C25H34FN3O2. The molecule has 1 atom stereocenters. The second kappa shape index (κ2) is 11.0. The van der Waals surface area contributed by atoms with Crippen LogP contribution in [0.1, 0.15) is 48.7 Å². The minimum atomic E-state index is -0.533. The number of rotatable bonds is 10. The Hall–Kier alpha value is -2.73. The summed E-state index contributed by atoms with van der Waals surface area (Å²) in [4.78, 5) is 26.5. The lowest BCUT2D eigenvalue weighted by molar-refractivity contribution is -0.122. The van der Waals surface area contributed by atoms with Crippen molar-refractivity contribution in [3.63, 3.8) is 0 Å². The number of carbonyl (C=O) groups is 2. The van der Waals surface area contributed by atoms with Crippen molar-refractivity contribution in [2.75, 3.05) is 27.2 Å². The number of halogens is 1. The van der Waals surface area contributed by atoms with E-state index in [1.165, 1.54) is 12.1 Å². The Bertz CT molecular complexity index is 882. The molecule has 0 saturated heterocycles. The summed E-state index contributed by atoms with van der Waals surface area (Å²) in [5.41, 5.74) is 1.68. The molecule has 5 nitrogen and oxygen atoms in total. The SMILES string of the molecule is CCNC(=O)c1ccc(C[C@@H](CNC(=O)CC(C)(C)c2ccccc2)N(C)C)cc1F. The maximum atomic E-state index is 14.4. The van der Waals surface area contributed by atoms with Gasteiger partial charge in [-0.15, -0.1) is 0 Å². The molecule has 2 N–H and O–H groups in total. The van der Waals surface area contributed by atoms with Gasteiger partial charge in [-0.25, -0.2) is 4.39 Å². The molecule has 2 rings (SSSR count). The lowest BCUT2D eigenvalue weighted by atomic mass is 9.81. The number of hydrogen-bond acceptors (Lipinski definition) is 3. The van der Waals surface area contributed by atoms with Crippen LogP contribution in [-0.2, 0) is 16.6 Å². The van der Waals surface area contributed by atoms with Gasteiger partial charge in [0, 0.05) is 25.6 Å². The van der Waals surface area contributed by atoms with Gasteiger partial charge in [0.1, 0.15) is 5.82 Å². The van der Waals surface area contributed by atoms with Crippen molar-refractivity contribution in [3.05, 3.63) is 71.0 Å². The number of hydrogen-bond donors (Lipinski definition) is 2. The normalized spacial score (nSPS) is 12.5. The summed E-state index contributed by atoms with van der Waals surface area (Å²) < 4.78 is 14.4. The zero-order valence-corrected chi connectivity index (χ0v) is 19.2. The Morgan fingerprint density at radius 2 is 1.74 bits per heavy atom. The van der Waals surface area contributed by atoms with Gasteiger partial charge in [0.25, 0.3) is 5.91 Å². The first-order valence-electron chi connectivity index (χ1n) is 10.7. The van der Waals surface area contributed by atoms with Crippen molar-refractivity contribution >= 4 is 11.8 Å². The highest BCUT2D eigenvalue weighted by atomic mass is 19.1. The molecule has 0 bridgehead atoms. The van der Waals surface area contributed by atoms with E-state index in [1.54, 1.807) is 13.0 Å². The van der Waals surface area contributed by atoms with E-state index >= 15 is 0 Å². The number of benzene rings is 2. The Kier molecular flexibility index (Phi) is 8.75. The van der Waals surface area contributed by atoms with Crippen molar-refractivity contribution in [2.24, 2.45) is 0 Å². The van der Waals surface area contributed by atoms with Gasteiger partial charge in [0.15, 0.2) is 0 Å². The summed E-state index contributed by atoms with van der Waals surface area (Å²) in [5.74, 6) is -0.961. The summed E-state index contributed by atoms with van der Waals surface area (Å²) >= 11 is 0. The van der Waals surface area contributed by atoms with E-state index in [4.69, 9.17) is 0 Å². The maximum Gasteiger partial charge on any atom is 0.254 e. The highest BCUT2D eigenvalue weighted by Crippen LogP contribution is 2.26. The Morgan fingerprint density at radius 1 is 1.06 bits per heavy atom. The molecular weight excluding hydrogens is 393 g/mol. The molecule has 2 aromatic carbocycles. The summed E-state index contributed by atoms with van der Waals surface area (Å²) in [7, 11) is 3.87. The van der Waals surface area contributed by atoms with Crippen LogP contribution in [0.25, 0.3) is 0 Å². The van der Waals surface area contributed by atoms with Crippen LogP contribution in [-0.4, -0.2) is 49.9 Å². The van der Waals surface area contributed by atoms with Crippen LogP contribution in [0.15, 0.2) is 48.5 Å². The summed E-state index contributed by atoms with van der Waals surface area (Å²) in [6.07, 6.45) is 0.939. The predicted molar refractivity (Wildman–Crippen MR) is 123 cm³/mol. The van der Waals surface area contributed by atoms with Crippen molar-refractivity contribution in [2.45, 2.75) is 45.1 Å². The van der Waals surface area contributed by atoms with Gasteiger partial charge >= 0.3 is 0 Å². The average Bonchev–Trinajstić information content (AvgIpc) is 2.71. The number of amides is 2. The molecule has 0 aliphatic carbocycles. The zero-order chi connectivity index (χ0) is 23.0. The fourth-order valence-corrected chi connectivity index (χ4v) is 3.52. The molecule has 2 amide bonds. The summed E-state index contributed by atoms with van der Waals surface area (Å²) in [6, 6.07) is 14.7. The molecule has 2 aromatic rings. The van der Waals surface area contributed by atoms with E-state index in [9.17, 15) is 14.0 Å². The molecule has 0 aromatic heterocycles. The van der Waals surface area contributed by atoms with Gasteiger partial charge in [-0.05, 0) is 56.1 Å². The number of nitrogens with one attached hydrogen (secondary N) is 2. The molecule has 0 aliphatic heterocycles. The first kappa shape index (κ1) is 24.5. The van der Waals surface area contributed by atoms with E-state index in [-0.39, 0.29) is 22.9 Å². The van der Waals surface area contributed by atoms with Crippen molar-refractivity contribution in [1.82, 2.24) is 15.5 Å². The fraction of sp³-hybridized carbons (Fsp3) is 0.440. The van der Waals surface area contributed by atoms with Crippen LogP contribution < -0.4 is 10.6 Å². The highest BCUT2D eigenvalue weighted by Gasteiger charge is 2.25. The van der Waals surface area contributed by atoms with E-state index in [0.29, 0.717) is 25.9 Å². The van der Waals surface area contributed by atoms with Gasteiger partial charge in [0.2, 0.25) is 5.91 Å². The lowest BCUT2D eigenvalue weighted by Gasteiger charge is -2.27. The largest absolute Gasteiger partial charge is 0.354 e. The van der Waals surface area contributed by atoms with E-state index in [0.717, 1.165) is 11.1 Å². The van der Waals surface area contributed by atoms with Gasteiger partial charge in [0.05, 0.1) is 5.56 Å². The first-order valence-corrected chi connectivity index (χ1v) is 10.7. The quantitative estimate of drug-likeness (QED) is 0.610. The van der Waals surface area contributed by atoms with Gasteiger partial charge in [-0.3, -0.25) is 9.59 Å². The molecule has 0 radical (unpaired) electrons. The minimum absolute atomic E-state index is 0.00138.